The average molecular weight is 355 g/mol. The molecule has 0 aliphatic heterocycles. The van der Waals surface area contributed by atoms with Crippen molar-refractivity contribution >= 4 is 39.1 Å². The topological polar surface area (TPSA) is 110 Å². The number of aliphatic hydroxyl groups is 1. The van der Waals surface area contributed by atoms with Crippen molar-refractivity contribution in [3.05, 3.63) is 33.3 Å². The molecule has 2 N–H and O–H groups in total. The van der Waals surface area contributed by atoms with Crippen LogP contribution in [0.3, 0.4) is 0 Å². The Morgan fingerprint density at radius 3 is 2.57 bits per heavy atom. The molecule has 0 saturated heterocycles. The second-order valence-corrected chi connectivity index (χ2v) is 7.41. The summed E-state index contributed by atoms with van der Waals surface area (Å²) in [5.41, 5.74) is -0.288. The number of aliphatic hydroxyl groups excluding tert-OH is 1. The molecule has 0 aliphatic rings. The summed E-state index contributed by atoms with van der Waals surface area (Å²) >= 11 is 7.14. The molecule has 0 heterocycles. The Kier molecular flexibility index (Phi) is 6.41. The number of thioether (sulfide) groups is 1. The molecule has 1 aromatic carbocycles. The van der Waals surface area contributed by atoms with Crippen LogP contribution >= 0.6 is 23.4 Å². The summed E-state index contributed by atoms with van der Waals surface area (Å²) in [5, 5.41) is 19.2. The third-order valence-electron chi connectivity index (χ3n) is 2.80. The van der Waals surface area contributed by atoms with E-state index in [4.69, 9.17) is 16.7 Å². The Hall–Kier alpha value is -0.870. The van der Waals surface area contributed by atoms with Crippen LogP contribution < -0.4 is 4.72 Å². The fourth-order valence-electron chi connectivity index (χ4n) is 1.64. The zero-order valence-corrected chi connectivity index (χ0v) is 13.7. The SMILES string of the molecule is CSC(CO)C(C)NS(=O)(=O)c1ccc([N+](=O)[O-])cc1Cl. The van der Waals surface area contributed by atoms with E-state index < -0.39 is 21.0 Å². The van der Waals surface area contributed by atoms with Crippen LogP contribution in [0.25, 0.3) is 0 Å². The van der Waals surface area contributed by atoms with Crippen molar-refractivity contribution in [2.24, 2.45) is 0 Å². The second-order valence-electron chi connectivity index (χ2n) is 4.24. The average Bonchev–Trinajstić information content (AvgIpc) is 2.38. The minimum absolute atomic E-state index is 0.182. The molecule has 0 bridgehead atoms. The van der Waals surface area contributed by atoms with Gasteiger partial charge in [0.15, 0.2) is 0 Å². The van der Waals surface area contributed by atoms with Crippen molar-refractivity contribution in [3.63, 3.8) is 0 Å². The van der Waals surface area contributed by atoms with Gasteiger partial charge in [-0.1, -0.05) is 11.6 Å². The molecule has 0 aliphatic carbocycles. The van der Waals surface area contributed by atoms with Crippen molar-refractivity contribution in [3.8, 4) is 0 Å². The summed E-state index contributed by atoms with van der Waals surface area (Å²) in [6.07, 6.45) is 1.75. The maximum Gasteiger partial charge on any atom is 0.271 e. The first-order chi connectivity index (χ1) is 9.72. The largest absolute Gasteiger partial charge is 0.395 e. The minimum atomic E-state index is -3.93. The number of nitro groups is 1. The first-order valence-corrected chi connectivity index (χ1v) is 8.97. The monoisotopic (exact) mass is 354 g/mol. The minimum Gasteiger partial charge on any atom is -0.395 e. The summed E-state index contributed by atoms with van der Waals surface area (Å²) in [5.74, 6) is 0. The number of hydrogen-bond donors (Lipinski definition) is 2. The van der Waals surface area contributed by atoms with Gasteiger partial charge in [0.05, 0.1) is 16.6 Å². The van der Waals surface area contributed by atoms with E-state index in [1.165, 1.54) is 11.8 Å². The summed E-state index contributed by atoms with van der Waals surface area (Å²) in [6.45, 7) is 1.44. The van der Waals surface area contributed by atoms with E-state index in [9.17, 15) is 18.5 Å². The Bertz CT molecular complexity index is 619. The summed E-state index contributed by atoms with van der Waals surface area (Å²) in [6, 6.07) is 2.62. The van der Waals surface area contributed by atoms with E-state index in [0.29, 0.717) is 0 Å². The third kappa shape index (κ3) is 4.55. The summed E-state index contributed by atoms with van der Waals surface area (Å²) < 4.78 is 26.9. The Morgan fingerprint density at radius 2 is 2.14 bits per heavy atom. The molecular formula is C11H15ClN2O5S2. The van der Waals surface area contributed by atoms with Gasteiger partial charge >= 0.3 is 0 Å². The molecule has 7 nitrogen and oxygen atoms in total. The van der Waals surface area contributed by atoms with Gasteiger partial charge in [-0.15, -0.1) is 0 Å². The highest BCUT2D eigenvalue weighted by molar-refractivity contribution is 7.99. The Morgan fingerprint density at radius 1 is 1.52 bits per heavy atom. The van der Waals surface area contributed by atoms with Crippen LogP contribution in [0.4, 0.5) is 5.69 Å². The molecule has 1 rings (SSSR count). The number of nitro benzene ring substituents is 1. The zero-order valence-electron chi connectivity index (χ0n) is 11.3. The Balaban J connectivity index is 3.06. The molecule has 2 unspecified atom stereocenters. The number of sulfonamides is 1. The smallest absolute Gasteiger partial charge is 0.271 e. The second kappa shape index (κ2) is 7.41. The van der Waals surface area contributed by atoms with E-state index in [2.05, 4.69) is 4.72 Å². The van der Waals surface area contributed by atoms with Crippen LogP contribution in [0, 0.1) is 10.1 Å². The standard InChI is InChI=1S/C11H15ClN2O5S2/c1-7(10(6-15)20-2)13-21(18,19)11-4-3-8(14(16)17)5-9(11)12/h3-5,7,10,13,15H,6H2,1-2H3. The van der Waals surface area contributed by atoms with Crippen molar-refractivity contribution in [2.45, 2.75) is 23.1 Å². The lowest BCUT2D eigenvalue weighted by Gasteiger charge is -2.21. The summed E-state index contributed by atoms with van der Waals surface area (Å²) in [7, 11) is -3.93. The van der Waals surface area contributed by atoms with Crippen LogP contribution in [0.2, 0.25) is 5.02 Å². The molecular weight excluding hydrogens is 340 g/mol. The van der Waals surface area contributed by atoms with Gasteiger partial charge in [0.25, 0.3) is 5.69 Å². The van der Waals surface area contributed by atoms with Gasteiger partial charge in [-0.2, -0.15) is 11.8 Å². The lowest BCUT2D eigenvalue weighted by atomic mass is 10.3. The number of rotatable bonds is 7. The molecule has 0 spiro atoms. The van der Waals surface area contributed by atoms with Crippen LogP contribution in [-0.2, 0) is 10.0 Å². The van der Waals surface area contributed by atoms with Crippen molar-refractivity contribution in [1.29, 1.82) is 0 Å². The highest BCUT2D eigenvalue weighted by Gasteiger charge is 2.25. The highest BCUT2D eigenvalue weighted by atomic mass is 35.5. The van der Waals surface area contributed by atoms with E-state index in [0.717, 1.165) is 18.2 Å². The van der Waals surface area contributed by atoms with E-state index in [1.54, 1.807) is 13.2 Å². The van der Waals surface area contributed by atoms with E-state index in [-0.39, 0.29) is 27.5 Å². The van der Waals surface area contributed by atoms with Crippen LogP contribution in [-0.4, -0.2) is 42.6 Å². The lowest BCUT2D eigenvalue weighted by molar-refractivity contribution is -0.384. The lowest BCUT2D eigenvalue weighted by Crippen LogP contribution is -2.41. The van der Waals surface area contributed by atoms with Gasteiger partial charge in [-0.25, -0.2) is 13.1 Å². The number of halogens is 1. The van der Waals surface area contributed by atoms with Gasteiger partial charge in [0.1, 0.15) is 4.90 Å². The molecule has 10 heteroatoms. The van der Waals surface area contributed by atoms with Gasteiger partial charge in [-0.3, -0.25) is 10.1 Å². The number of benzene rings is 1. The number of hydrogen-bond acceptors (Lipinski definition) is 6. The van der Waals surface area contributed by atoms with Gasteiger partial charge in [0.2, 0.25) is 10.0 Å². The number of nitrogens with zero attached hydrogens (tertiary/aromatic N) is 1. The normalized spacial score (nSPS) is 14.7. The highest BCUT2D eigenvalue weighted by Crippen LogP contribution is 2.26. The molecule has 0 saturated carbocycles. The molecule has 1 aromatic rings. The molecule has 21 heavy (non-hydrogen) atoms. The fourth-order valence-corrected chi connectivity index (χ4v) is 4.18. The van der Waals surface area contributed by atoms with E-state index >= 15 is 0 Å². The quantitative estimate of drug-likeness (QED) is 0.569. The van der Waals surface area contributed by atoms with Crippen molar-refractivity contribution in [1.82, 2.24) is 4.72 Å². The van der Waals surface area contributed by atoms with Crippen LogP contribution in [0.1, 0.15) is 6.92 Å². The number of nitrogens with one attached hydrogen (secondary N) is 1. The molecule has 118 valence electrons. The van der Waals surface area contributed by atoms with Crippen molar-refractivity contribution < 1.29 is 18.4 Å². The molecule has 0 radical (unpaired) electrons. The molecule has 0 amide bonds. The molecule has 0 aromatic heterocycles. The van der Waals surface area contributed by atoms with Crippen LogP contribution in [0.15, 0.2) is 23.1 Å². The Labute approximate surface area is 131 Å². The van der Waals surface area contributed by atoms with Gasteiger partial charge in [0, 0.05) is 23.4 Å². The third-order valence-corrected chi connectivity index (χ3v) is 6.00. The first-order valence-electron chi connectivity index (χ1n) is 5.83. The van der Waals surface area contributed by atoms with Crippen molar-refractivity contribution in [2.75, 3.05) is 12.9 Å². The molecule has 2 atom stereocenters. The van der Waals surface area contributed by atoms with Crippen LogP contribution in [0.5, 0.6) is 0 Å². The molecule has 0 fully saturated rings. The predicted molar refractivity (Wildman–Crippen MR) is 82.3 cm³/mol. The maximum atomic E-state index is 12.2. The zero-order chi connectivity index (χ0) is 16.2. The predicted octanol–water partition coefficient (Wildman–Crippen LogP) is 1.64. The summed E-state index contributed by atoms with van der Waals surface area (Å²) in [4.78, 5) is 9.71. The number of non-ortho nitro benzene ring substituents is 1. The van der Waals surface area contributed by atoms with Gasteiger partial charge < -0.3 is 5.11 Å². The first kappa shape index (κ1) is 18.2. The van der Waals surface area contributed by atoms with Gasteiger partial charge in [-0.05, 0) is 19.2 Å². The van der Waals surface area contributed by atoms with E-state index in [1.807, 2.05) is 0 Å². The fraction of sp³-hybridized carbons (Fsp3) is 0.455. The maximum absolute atomic E-state index is 12.2.